The standard InChI is InChI=1S/C48H78N8O20S/c1-45(2,3)74-42(62)50-20-18-32(57)39(60)52-31-22-30(53-43(63)75-46(4,5)6)33(34(58)37(31)73-40-35(59)38(48(10,65)25-71-40)55(11)44(64)76-47(7,8)9)36-29(54-77(68,69)21-19-49)17-16-28(72-36)23-51-41(61)70-24-26-12-14-27(15-13-26)56(66)67/h12-16,29-38,40,54,57-59,65H,17-25,49H2,1-11H3,(H,50,62)(H,51,61)(H,52,60)(H,53,63)/t29-,30+,31-,32+,33-,34+,35-,36?,37+,38-,40-,48+/m1/s1. The molecule has 1 saturated heterocycles. The van der Waals surface area contributed by atoms with Crippen LogP contribution >= 0.6 is 0 Å². The molecule has 1 aromatic rings. The molecule has 0 aromatic heterocycles. The number of nitro groups is 1. The first kappa shape index (κ1) is 63.9. The summed E-state index contributed by atoms with van der Waals surface area (Å²) in [5.74, 6) is -3.05. The molecule has 0 bridgehead atoms. The van der Waals surface area contributed by atoms with Crippen molar-refractivity contribution in [3.05, 3.63) is 51.8 Å². The maximum absolute atomic E-state index is 13.9. The summed E-state index contributed by atoms with van der Waals surface area (Å²) >= 11 is 0. The first-order chi connectivity index (χ1) is 35.5. The second-order valence-corrected chi connectivity index (χ2v) is 24.1. The van der Waals surface area contributed by atoms with Crippen LogP contribution in [-0.2, 0) is 54.6 Å². The van der Waals surface area contributed by atoms with Gasteiger partial charge in [0.1, 0.15) is 59.2 Å². The van der Waals surface area contributed by atoms with Gasteiger partial charge in [-0.1, -0.05) is 0 Å². The zero-order chi connectivity index (χ0) is 58.0. The van der Waals surface area contributed by atoms with Crippen molar-refractivity contribution in [1.29, 1.82) is 0 Å². The Hall–Kier alpha value is -5.66. The number of carbonyl (C=O) groups excluding carboxylic acids is 5. The molecule has 0 spiro atoms. The molecule has 77 heavy (non-hydrogen) atoms. The Morgan fingerprint density at radius 1 is 0.896 bits per heavy atom. The number of sulfonamides is 1. The van der Waals surface area contributed by atoms with Gasteiger partial charge in [-0.2, -0.15) is 0 Å². The third-order valence-electron chi connectivity index (χ3n) is 12.0. The highest BCUT2D eigenvalue weighted by Crippen LogP contribution is 2.39. The Morgan fingerprint density at radius 3 is 2.09 bits per heavy atom. The van der Waals surface area contributed by atoms with E-state index in [4.69, 9.17) is 38.9 Å². The van der Waals surface area contributed by atoms with Crippen LogP contribution in [0.5, 0.6) is 0 Å². The number of benzene rings is 1. The quantitative estimate of drug-likeness (QED) is 0.0522. The monoisotopic (exact) mass is 1120 g/mol. The fraction of sp³-hybridized carbons (Fsp3) is 0.729. The smallest absolute Gasteiger partial charge is 0.410 e. The Balaban J connectivity index is 1.77. The maximum Gasteiger partial charge on any atom is 0.410 e. The molecule has 1 saturated carbocycles. The van der Waals surface area contributed by atoms with Crippen molar-refractivity contribution in [2.75, 3.05) is 39.0 Å². The molecule has 2 fully saturated rings. The third kappa shape index (κ3) is 19.6. The molecule has 1 aromatic carbocycles. The molecule has 11 N–H and O–H groups in total. The number of nitro benzene ring substituents is 1. The van der Waals surface area contributed by atoms with Gasteiger partial charge in [0.25, 0.3) is 5.69 Å². The average Bonchev–Trinajstić information content (AvgIpc) is 3.28. The van der Waals surface area contributed by atoms with E-state index in [0.717, 1.165) is 4.90 Å². The number of nitrogens with zero attached hydrogens (tertiary/aromatic N) is 2. The molecular weight excluding hydrogens is 1040 g/mol. The van der Waals surface area contributed by atoms with Crippen LogP contribution < -0.4 is 31.7 Å². The minimum Gasteiger partial charge on any atom is -0.491 e. The predicted molar refractivity (Wildman–Crippen MR) is 272 cm³/mol. The lowest BCUT2D eigenvalue weighted by atomic mass is 9.72. The van der Waals surface area contributed by atoms with E-state index in [1.165, 1.54) is 44.3 Å². The van der Waals surface area contributed by atoms with Gasteiger partial charge in [0.05, 0.1) is 48.1 Å². The number of carbonyl (C=O) groups is 5. The summed E-state index contributed by atoms with van der Waals surface area (Å²) in [6.07, 6.45) is -13.9. The van der Waals surface area contributed by atoms with Gasteiger partial charge in [-0.15, -0.1) is 0 Å². The molecule has 4 rings (SSSR count). The van der Waals surface area contributed by atoms with E-state index in [2.05, 4.69) is 26.0 Å². The van der Waals surface area contributed by atoms with Gasteiger partial charge in [-0.3, -0.25) is 14.9 Å². The van der Waals surface area contributed by atoms with Gasteiger partial charge in [0.2, 0.25) is 15.9 Å². The number of nitrogens with two attached hydrogens (primary N) is 1. The second kappa shape index (κ2) is 26.3. The molecule has 436 valence electrons. The van der Waals surface area contributed by atoms with Crippen LogP contribution in [0.25, 0.3) is 0 Å². The van der Waals surface area contributed by atoms with Gasteiger partial charge < -0.3 is 85.5 Å². The number of alkyl carbamates (subject to hydrolysis) is 3. The van der Waals surface area contributed by atoms with Crippen LogP contribution in [0.4, 0.5) is 24.9 Å². The van der Waals surface area contributed by atoms with Gasteiger partial charge in [0, 0.05) is 44.2 Å². The topological polar surface area (TPSA) is 398 Å². The maximum atomic E-state index is 13.9. The van der Waals surface area contributed by atoms with Crippen molar-refractivity contribution < 1.29 is 90.9 Å². The SMILES string of the molecule is CN(C(=O)OC(C)(C)C)[C@@H]1[C@@H](O)[C@@H](O[C@@H]2[C@@H](O)[C@H](C3OC(CNC(=O)OCc4ccc([N+](=O)[O-])cc4)=CC[C@H]3NS(=O)(=O)CCN)[C@@H](NC(=O)OC(C)(C)C)C[C@H]2NC(=O)[C@@H](O)CCNC(=O)OC(C)(C)C)OC[C@]1(C)O. The molecule has 1 aliphatic carbocycles. The molecular formula is C48H78N8O20S. The van der Waals surface area contributed by atoms with Crippen molar-refractivity contribution in [3.63, 3.8) is 0 Å². The van der Waals surface area contributed by atoms with E-state index in [1.54, 1.807) is 62.3 Å². The average molecular weight is 1120 g/mol. The number of non-ortho nitro benzene ring substituents is 1. The van der Waals surface area contributed by atoms with E-state index in [1.807, 2.05) is 0 Å². The number of amides is 5. The fourth-order valence-corrected chi connectivity index (χ4v) is 9.88. The zero-order valence-corrected chi connectivity index (χ0v) is 46.1. The van der Waals surface area contributed by atoms with Crippen LogP contribution in [0.3, 0.4) is 0 Å². The normalized spacial score (nSPS) is 27.3. The highest BCUT2D eigenvalue weighted by molar-refractivity contribution is 7.89. The summed E-state index contributed by atoms with van der Waals surface area (Å²) in [4.78, 5) is 77.8. The molecule has 29 heteroatoms. The second-order valence-electron chi connectivity index (χ2n) is 22.2. The highest BCUT2D eigenvalue weighted by atomic mass is 32.2. The molecule has 3 aliphatic rings. The molecule has 12 atom stereocenters. The minimum absolute atomic E-state index is 0.0251. The molecule has 28 nitrogen and oxygen atoms in total. The third-order valence-corrected chi connectivity index (χ3v) is 13.4. The van der Waals surface area contributed by atoms with Crippen molar-refractivity contribution in [2.45, 2.75) is 178 Å². The summed E-state index contributed by atoms with van der Waals surface area (Å²) in [6.45, 7) is 14.0. The number of nitrogens with one attached hydrogen (secondary N) is 5. The van der Waals surface area contributed by atoms with E-state index in [-0.39, 0.29) is 50.5 Å². The van der Waals surface area contributed by atoms with Crippen LogP contribution in [0.15, 0.2) is 36.1 Å². The Kier molecular flexibility index (Phi) is 21.8. The number of hydrogen-bond acceptors (Lipinski definition) is 21. The Labute approximate surface area is 447 Å². The predicted octanol–water partition coefficient (Wildman–Crippen LogP) is 0.864. The number of aliphatic hydroxyl groups excluding tert-OH is 3. The van der Waals surface area contributed by atoms with E-state index < -0.39 is 153 Å². The first-order valence-corrected chi connectivity index (χ1v) is 26.6. The zero-order valence-electron chi connectivity index (χ0n) is 45.3. The lowest BCUT2D eigenvalue weighted by Crippen LogP contribution is -2.71. The van der Waals surface area contributed by atoms with E-state index >= 15 is 0 Å². The number of rotatable bonds is 19. The summed E-state index contributed by atoms with van der Waals surface area (Å²) in [5.41, 5.74) is 1.03. The van der Waals surface area contributed by atoms with E-state index in [9.17, 15) is 62.9 Å². The molecule has 2 heterocycles. The Morgan fingerprint density at radius 2 is 1.51 bits per heavy atom. The summed E-state index contributed by atoms with van der Waals surface area (Å²) < 4.78 is 69.8. The molecule has 2 aliphatic heterocycles. The molecule has 5 amide bonds. The fourth-order valence-electron chi connectivity index (χ4n) is 8.76. The van der Waals surface area contributed by atoms with Crippen LogP contribution in [0, 0.1) is 16.0 Å². The van der Waals surface area contributed by atoms with Crippen LogP contribution in [-0.4, -0.2) is 191 Å². The van der Waals surface area contributed by atoms with Gasteiger partial charge in [-0.25, -0.2) is 32.3 Å². The number of hydrogen-bond donors (Lipinski definition) is 10. The van der Waals surface area contributed by atoms with Crippen molar-refractivity contribution >= 4 is 46.0 Å². The summed E-state index contributed by atoms with van der Waals surface area (Å²) in [6, 6.07) is -0.256. The minimum atomic E-state index is -4.19. The lowest BCUT2D eigenvalue weighted by molar-refractivity contribution is -0.384. The summed E-state index contributed by atoms with van der Waals surface area (Å²) in [7, 11) is -2.92. The van der Waals surface area contributed by atoms with Crippen molar-refractivity contribution in [1.82, 2.24) is 30.9 Å². The first-order valence-electron chi connectivity index (χ1n) is 25.0. The van der Waals surface area contributed by atoms with Crippen LogP contribution in [0.2, 0.25) is 0 Å². The van der Waals surface area contributed by atoms with E-state index in [0.29, 0.717) is 5.56 Å². The largest absolute Gasteiger partial charge is 0.491 e. The van der Waals surface area contributed by atoms with Gasteiger partial charge in [-0.05, 0) is 112 Å². The number of aliphatic hydroxyl groups is 4. The molecule has 0 radical (unpaired) electrons. The van der Waals surface area contributed by atoms with Crippen molar-refractivity contribution in [3.8, 4) is 0 Å². The Bertz CT molecular complexity index is 2360. The number of ether oxygens (including phenoxy) is 7. The van der Waals surface area contributed by atoms with Gasteiger partial charge >= 0.3 is 24.4 Å². The van der Waals surface area contributed by atoms with Crippen molar-refractivity contribution in [2.24, 2.45) is 11.7 Å². The van der Waals surface area contributed by atoms with Crippen LogP contribution in [0.1, 0.15) is 94.1 Å². The summed E-state index contributed by atoms with van der Waals surface area (Å²) in [5, 5.41) is 68.9. The lowest BCUT2D eigenvalue weighted by Gasteiger charge is -2.52. The van der Waals surface area contributed by atoms with Gasteiger partial charge in [0.15, 0.2) is 6.29 Å². The number of likely N-dealkylation sites (N-methyl/N-ethyl adjacent to an activating group) is 1. The highest BCUT2D eigenvalue weighted by Gasteiger charge is 2.57. The molecule has 1 unspecified atom stereocenters.